The van der Waals surface area contributed by atoms with Crippen molar-refractivity contribution < 1.29 is 4.74 Å². The second-order valence-electron chi connectivity index (χ2n) is 4.28. The molecule has 0 N–H and O–H groups in total. The van der Waals surface area contributed by atoms with Crippen molar-refractivity contribution in [3.05, 3.63) is 41.6 Å². The number of fused-ring (bicyclic) bond motifs is 1. The minimum absolute atomic E-state index is 0.402. The van der Waals surface area contributed by atoms with Crippen LogP contribution >= 0.6 is 11.6 Å². The summed E-state index contributed by atoms with van der Waals surface area (Å²) in [6.45, 7) is 4.39. The highest BCUT2D eigenvalue weighted by molar-refractivity contribution is 6.33. The maximum Gasteiger partial charge on any atom is 0.182 e. The average molecular weight is 289 g/mol. The quantitative estimate of drug-likeness (QED) is 0.695. The van der Waals surface area contributed by atoms with Crippen molar-refractivity contribution in [2.75, 3.05) is 6.61 Å². The fourth-order valence-electron chi connectivity index (χ4n) is 2.05. The van der Waals surface area contributed by atoms with Gasteiger partial charge in [0.25, 0.3) is 0 Å². The topological polar surface area (TPSA) is 52.8 Å². The molecule has 6 heteroatoms. The van der Waals surface area contributed by atoms with Crippen molar-refractivity contribution in [3.63, 3.8) is 0 Å². The van der Waals surface area contributed by atoms with Crippen LogP contribution in [0.2, 0.25) is 5.15 Å². The Hall–Kier alpha value is -2.14. The van der Waals surface area contributed by atoms with Crippen molar-refractivity contribution in [1.82, 2.24) is 19.5 Å². The van der Waals surface area contributed by atoms with Gasteiger partial charge in [0, 0.05) is 5.69 Å². The van der Waals surface area contributed by atoms with Crippen molar-refractivity contribution in [2.45, 2.75) is 13.8 Å². The number of benzene rings is 1. The van der Waals surface area contributed by atoms with E-state index in [1.807, 2.05) is 35.8 Å². The molecule has 20 heavy (non-hydrogen) atoms. The molecule has 3 aromatic rings. The smallest absolute Gasteiger partial charge is 0.182 e. The van der Waals surface area contributed by atoms with Crippen molar-refractivity contribution in [3.8, 4) is 11.4 Å². The third-order valence-corrected chi connectivity index (χ3v) is 3.16. The number of imidazole rings is 1. The van der Waals surface area contributed by atoms with Gasteiger partial charge in [-0.1, -0.05) is 11.6 Å². The Morgan fingerprint density at radius 2 is 1.95 bits per heavy atom. The first-order valence-electron chi connectivity index (χ1n) is 6.29. The maximum absolute atomic E-state index is 6.20. The Balaban J connectivity index is 2.10. The molecule has 0 atom stereocenters. The molecule has 0 unspecified atom stereocenters. The van der Waals surface area contributed by atoms with E-state index < -0.39 is 0 Å². The van der Waals surface area contributed by atoms with E-state index in [2.05, 4.69) is 15.0 Å². The number of ether oxygens (including phenoxy) is 1. The molecular formula is C14H13ClN4O. The van der Waals surface area contributed by atoms with E-state index in [-0.39, 0.29) is 0 Å². The molecule has 0 fully saturated rings. The van der Waals surface area contributed by atoms with Gasteiger partial charge in [-0.3, -0.25) is 4.57 Å². The van der Waals surface area contributed by atoms with Crippen LogP contribution in [0.1, 0.15) is 12.7 Å². The van der Waals surface area contributed by atoms with Gasteiger partial charge in [-0.15, -0.1) is 0 Å². The Morgan fingerprint density at radius 3 is 2.65 bits per heavy atom. The third-order valence-electron chi connectivity index (χ3n) is 2.90. The lowest BCUT2D eigenvalue weighted by Gasteiger charge is -2.07. The van der Waals surface area contributed by atoms with E-state index in [1.165, 1.54) is 0 Å². The zero-order chi connectivity index (χ0) is 14.1. The van der Waals surface area contributed by atoms with Gasteiger partial charge in [-0.25, -0.2) is 15.0 Å². The molecule has 0 aliphatic rings. The molecule has 2 heterocycles. The Bertz CT molecular complexity index is 752. The van der Waals surface area contributed by atoms with Crippen LogP contribution in [0, 0.1) is 6.92 Å². The summed E-state index contributed by atoms with van der Waals surface area (Å²) < 4.78 is 7.30. The van der Waals surface area contributed by atoms with Crippen molar-refractivity contribution in [2.24, 2.45) is 0 Å². The highest BCUT2D eigenvalue weighted by atomic mass is 35.5. The number of halogens is 1. The zero-order valence-electron chi connectivity index (χ0n) is 11.2. The van der Waals surface area contributed by atoms with E-state index in [0.29, 0.717) is 28.7 Å². The minimum atomic E-state index is 0.402. The summed E-state index contributed by atoms with van der Waals surface area (Å²) in [5.74, 6) is 1.44. The molecule has 0 spiro atoms. The lowest BCUT2D eigenvalue weighted by Crippen LogP contribution is -1.96. The number of aryl methyl sites for hydroxylation is 1. The van der Waals surface area contributed by atoms with E-state index in [0.717, 1.165) is 11.4 Å². The average Bonchev–Trinajstić information content (AvgIpc) is 2.84. The molecule has 0 amide bonds. The zero-order valence-corrected chi connectivity index (χ0v) is 11.9. The number of hydrogen-bond acceptors (Lipinski definition) is 4. The summed E-state index contributed by atoms with van der Waals surface area (Å²) in [4.78, 5) is 12.7. The first-order valence-corrected chi connectivity index (χ1v) is 6.67. The van der Waals surface area contributed by atoms with Gasteiger partial charge < -0.3 is 4.74 Å². The highest BCUT2D eigenvalue weighted by Gasteiger charge is 2.11. The number of aromatic nitrogens is 4. The third kappa shape index (κ3) is 2.20. The molecule has 0 radical (unpaired) electrons. The normalized spacial score (nSPS) is 10.9. The maximum atomic E-state index is 6.20. The van der Waals surface area contributed by atoms with Gasteiger partial charge in [0.05, 0.1) is 6.61 Å². The van der Waals surface area contributed by atoms with Crippen molar-refractivity contribution in [1.29, 1.82) is 0 Å². The van der Waals surface area contributed by atoms with Gasteiger partial charge in [0.1, 0.15) is 23.4 Å². The molecular weight excluding hydrogens is 276 g/mol. The molecule has 5 nitrogen and oxygen atoms in total. The highest BCUT2D eigenvalue weighted by Crippen LogP contribution is 2.24. The second kappa shape index (κ2) is 5.09. The summed E-state index contributed by atoms with van der Waals surface area (Å²) in [7, 11) is 0. The summed E-state index contributed by atoms with van der Waals surface area (Å²) in [6, 6.07) is 7.71. The lowest BCUT2D eigenvalue weighted by molar-refractivity contribution is 0.340. The molecule has 2 aromatic heterocycles. The van der Waals surface area contributed by atoms with Crippen LogP contribution in [-0.2, 0) is 0 Å². The van der Waals surface area contributed by atoms with Gasteiger partial charge in [0.15, 0.2) is 10.8 Å². The van der Waals surface area contributed by atoms with E-state index >= 15 is 0 Å². The van der Waals surface area contributed by atoms with Gasteiger partial charge in [-0.2, -0.15) is 0 Å². The number of nitrogens with zero attached hydrogens (tertiary/aromatic N) is 4. The van der Waals surface area contributed by atoms with Crippen LogP contribution in [0.15, 0.2) is 30.6 Å². The molecule has 102 valence electrons. The van der Waals surface area contributed by atoms with Crippen LogP contribution in [0.4, 0.5) is 0 Å². The fourth-order valence-corrected chi connectivity index (χ4v) is 2.35. The first kappa shape index (κ1) is 12.9. The van der Waals surface area contributed by atoms with Crippen LogP contribution in [0.3, 0.4) is 0 Å². The molecule has 0 saturated carbocycles. The van der Waals surface area contributed by atoms with Crippen molar-refractivity contribution >= 4 is 22.8 Å². The predicted molar refractivity (Wildman–Crippen MR) is 77.6 cm³/mol. The SMILES string of the molecule is CCOc1ccc(-n2cnc3nc(C)nc(Cl)c32)cc1. The predicted octanol–water partition coefficient (Wildman–Crippen LogP) is 3.18. The van der Waals surface area contributed by atoms with Gasteiger partial charge >= 0.3 is 0 Å². The second-order valence-corrected chi connectivity index (χ2v) is 4.63. The molecule has 0 bridgehead atoms. The van der Waals surface area contributed by atoms with Gasteiger partial charge in [-0.05, 0) is 38.1 Å². The molecule has 0 aliphatic heterocycles. The summed E-state index contributed by atoms with van der Waals surface area (Å²) in [5, 5.41) is 0.402. The monoisotopic (exact) mass is 288 g/mol. The standard InChI is InChI=1S/C14H13ClN4O/c1-3-20-11-6-4-10(5-7-11)19-8-16-14-12(19)13(15)17-9(2)18-14/h4-8H,3H2,1-2H3. The molecule has 1 aromatic carbocycles. The van der Waals surface area contributed by atoms with E-state index in [4.69, 9.17) is 16.3 Å². The largest absolute Gasteiger partial charge is 0.494 e. The first-order chi connectivity index (χ1) is 9.69. The summed E-state index contributed by atoms with van der Waals surface area (Å²) in [5.41, 5.74) is 2.24. The Morgan fingerprint density at radius 1 is 1.20 bits per heavy atom. The Labute approximate surface area is 121 Å². The Kier molecular flexibility index (Phi) is 3.28. The van der Waals surface area contributed by atoms with Crippen LogP contribution in [0.25, 0.3) is 16.9 Å². The molecule has 0 saturated heterocycles. The van der Waals surface area contributed by atoms with E-state index in [1.54, 1.807) is 13.3 Å². The van der Waals surface area contributed by atoms with Crippen LogP contribution in [0.5, 0.6) is 5.75 Å². The fraction of sp³-hybridized carbons (Fsp3) is 0.214. The minimum Gasteiger partial charge on any atom is -0.494 e. The number of rotatable bonds is 3. The van der Waals surface area contributed by atoms with Gasteiger partial charge in [0.2, 0.25) is 0 Å². The summed E-state index contributed by atoms with van der Waals surface area (Å²) >= 11 is 6.20. The molecule has 0 aliphatic carbocycles. The van der Waals surface area contributed by atoms with Crippen LogP contribution < -0.4 is 4.74 Å². The molecule has 3 rings (SSSR count). The summed E-state index contributed by atoms with van der Waals surface area (Å²) in [6.07, 6.45) is 1.69. The number of hydrogen-bond donors (Lipinski definition) is 0. The lowest BCUT2D eigenvalue weighted by atomic mass is 10.3. The van der Waals surface area contributed by atoms with E-state index in [9.17, 15) is 0 Å². The van der Waals surface area contributed by atoms with Crippen LogP contribution in [-0.4, -0.2) is 26.1 Å².